The van der Waals surface area contributed by atoms with Crippen LogP contribution in [0.5, 0.6) is 0 Å². The number of hydrogen-bond acceptors (Lipinski definition) is 3. The van der Waals surface area contributed by atoms with E-state index in [2.05, 4.69) is 23.6 Å². The van der Waals surface area contributed by atoms with E-state index in [0.717, 1.165) is 35.8 Å². The van der Waals surface area contributed by atoms with E-state index in [-0.39, 0.29) is 5.91 Å². The molecule has 2 rings (SSSR count). The van der Waals surface area contributed by atoms with Crippen molar-refractivity contribution in [2.24, 2.45) is 5.92 Å². The zero-order valence-corrected chi connectivity index (χ0v) is 11.6. The lowest BCUT2D eigenvalue weighted by Gasteiger charge is -2.12. The third-order valence-corrected chi connectivity index (χ3v) is 4.05. The summed E-state index contributed by atoms with van der Waals surface area (Å²) < 4.78 is 0. The molecule has 4 heteroatoms. The number of rotatable bonds is 5. The number of nitrogens with one attached hydrogen (secondary N) is 2. The standard InChI is InChI=1S/C14H20N2OS/c1-2-18-13-6-4-3-5-12(13)16-14(17)9-11-7-8-15-10-11/h3-6,11,15H,2,7-10H2,1H3,(H,16,17). The number of benzene rings is 1. The molecule has 2 N–H and O–H groups in total. The molecule has 0 aromatic heterocycles. The van der Waals surface area contributed by atoms with Gasteiger partial charge in [0.2, 0.25) is 5.91 Å². The van der Waals surface area contributed by atoms with Gasteiger partial charge >= 0.3 is 0 Å². The van der Waals surface area contributed by atoms with Crippen LogP contribution in [-0.2, 0) is 4.79 Å². The van der Waals surface area contributed by atoms with Crippen LogP contribution in [0.1, 0.15) is 19.8 Å². The van der Waals surface area contributed by atoms with E-state index < -0.39 is 0 Å². The van der Waals surface area contributed by atoms with Gasteiger partial charge in [0.05, 0.1) is 5.69 Å². The Bertz CT molecular complexity index is 403. The Hall–Kier alpha value is -1.00. The van der Waals surface area contributed by atoms with Gasteiger partial charge in [-0.3, -0.25) is 4.79 Å². The Morgan fingerprint density at radius 3 is 3.06 bits per heavy atom. The zero-order chi connectivity index (χ0) is 12.8. The maximum Gasteiger partial charge on any atom is 0.224 e. The second-order valence-electron chi connectivity index (χ2n) is 4.54. The van der Waals surface area contributed by atoms with Crippen LogP contribution >= 0.6 is 11.8 Å². The van der Waals surface area contributed by atoms with Crippen molar-refractivity contribution in [3.8, 4) is 0 Å². The molecule has 0 saturated carbocycles. The first-order valence-electron chi connectivity index (χ1n) is 6.52. The summed E-state index contributed by atoms with van der Waals surface area (Å²) in [5.41, 5.74) is 0.945. The van der Waals surface area contributed by atoms with Gasteiger partial charge in [0.15, 0.2) is 0 Å². The first-order valence-corrected chi connectivity index (χ1v) is 7.50. The highest BCUT2D eigenvalue weighted by atomic mass is 32.2. The predicted octanol–water partition coefficient (Wildman–Crippen LogP) is 2.74. The summed E-state index contributed by atoms with van der Waals surface area (Å²) in [7, 11) is 0. The van der Waals surface area contributed by atoms with Crippen LogP contribution in [0.15, 0.2) is 29.2 Å². The molecule has 1 atom stereocenters. The van der Waals surface area contributed by atoms with E-state index in [4.69, 9.17) is 0 Å². The highest BCUT2D eigenvalue weighted by Gasteiger charge is 2.18. The van der Waals surface area contributed by atoms with E-state index >= 15 is 0 Å². The topological polar surface area (TPSA) is 41.1 Å². The van der Waals surface area contributed by atoms with Crippen molar-refractivity contribution in [3.63, 3.8) is 0 Å². The molecule has 3 nitrogen and oxygen atoms in total. The van der Waals surface area contributed by atoms with Crippen LogP contribution in [0, 0.1) is 5.92 Å². The van der Waals surface area contributed by atoms with Crippen LogP contribution < -0.4 is 10.6 Å². The first-order chi connectivity index (χ1) is 8.79. The van der Waals surface area contributed by atoms with Gasteiger partial charge in [0, 0.05) is 11.3 Å². The number of amides is 1. The fourth-order valence-electron chi connectivity index (χ4n) is 2.20. The lowest BCUT2D eigenvalue weighted by molar-refractivity contribution is -0.117. The van der Waals surface area contributed by atoms with Crippen molar-refractivity contribution in [2.45, 2.75) is 24.7 Å². The molecule has 1 unspecified atom stereocenters. The summed E-state index contributed by atoms with van der Waals surface area (Å²) in [4.78, 5) is 13.1. The number of hydrogen-bond donors (Lipinski definition) is 2. The van der Waals surface area contributed by atoms with Gasteiger partial charge in [-0.2, -0.15) is 0 Å². The van der Waals surface area contributed by atoms with Gasteiger partial charge < -0.3 is 10.6 Å². The fraction of sp³-hybridized carbons (Fsp3) is 0.500. The van der Waals surface area contributed by atoms with Gasteiger partial charge in [0.25, 0.3) is 0 Å². The molecular weight excluding hydrogens is 244 g/mol. The second kappa shape index (κ2) is 6.81. The number of para-hydroxylation sites is 1. The van der Waals surface area contributed by atoms with Crippen LogP contribution in [0.4, 0.5) is 5.69 Å². The second-order valence-corrected chi connectivity index (χ2v) is 5.85. The van der Waals surface area contributed by atoms with Gasteiger partial charge in [0.1, 0.15) is 0 Å². The molecule has 1 aromatic rings. The zero-order valence-electron chi connectivity index (χ0n) is 10.7. The number of carbonyl (C=O) groups is 1. The molecule has 1 aliphatic heterocycles. The minimum atomic E-state index is 0.132. The third-order valence-electron chi connectivity index (χ3n) is 3.10. The normalized spacial score (nSPS) is 18.8. The van der Waals surface area contributed by atoms with Crippen molar-refractivity contribution in [2.75, 3.05) is 24.2 Å². The van der Waals surface area contributed by atoms with Crippen molar-refractivity contribution >= 4 is 23.4 Å². The van der Waals surface area contributed by atoms with E-state index in [9.17, 15) is 4.79 Å². The molecule has 1 fully saturated rings. The summed E-state index contributed by atoms with van der Waals surface area (Å²) in [6.07, 6.45) is 1.73. The molecule has 98 valence electrons. The predicted molar refractivity (Wildman–Crippen MR) is 77.1 cm³/mol. The maximum atomic E-state index is 12.0. The average Bonchev–Trinajstić information content (AvgIpc) is 2.84. The van der Waals surface area contributed by atoms with Gasteiger partial charge in [-0.25, -0.2) is 0 Å². The number of thioether (sulfide) groups is 1. The van der Waals surface area contributed by atoms with Crippen LogP contribution in [0.3, 0.4) is 0 Å². The highest BCUT2D eigenvalue weighted by molar-refractivity contribution is 7.99. The van der Waals surface area contributed by atoms with Gasteiger partial charge in [-0.1, -0.05) is 19.1 Å². The van der Waals surface area contributed by atoms with Crippen molar-refractivity contribution in [3.05, 3.63) is 24.3 Å². The molecule has 1 aliphatic rings. The molecule has 1 aromatic carbocycles. The van der Waals surface area contributed by atoms with E-state index in [1.54, 1.807) is 11.8 Å². The molecule has 18 heavy (non-hydrogen) atoms. The van der Waals surface area contributed by atoms with Gasteiger partial charge in [-0.05, 0) is 43.3 Å². The number of carbonyl (C=O) groups excluding carboxylic acids is 1. The van der Waals surface area contributed by atoms with E-state index in [0.29, 0.717) is 12.3 Å². The highest BCUT2D eigenvalue weighted by Crippen LogP contribution is 2.27. The Kier molecular flexibility index (Phi) is 5.08. The fourth-order valence-corrected chi connectivity index (χ4v) is 2.96. The van der Waals surface area contributed by atoms with Crippen LogP contribution in [-0.4, -0.2) is 24.7 Å². The summed E-state index contributed by atoms with van der Waals surface area (Å²) in [5.74, 6) is 1.64. The minimum Gasteiger partial charge on any atom is -0.325 e. The summed E-state index contributed by atoms with van der Waals surface area (Å²) in [6, 6.07) is 8.00. The lowest BCUT2D eigenvalue weighted by atomic mass is 10.0. The summed E-state index contributed by atoms with van der Waals surface area (Å²) in [5, 5.41) is 6.32. The maximum absolute atomic E-state index is 12.0. The summed E-state index contributed by atoms with van der Waals surface area (Å²) in [6.45, 7) is 4.13. The molecular formula is C14H20N2OS. The third kappa shape index (κ3) is 3.75. The van der Waals surface area contributed by atoms with Gasteiger partial charge in [-0.15, -0.1) is 11.8 Å². The Morgan fingerprint density at radius 2 is 2.33 bits per heavy atom. The van der Waals surface area contributed by atoms with Crippen molar-refractivity contribution in [1.82, 2.24) is 5.32 Å². The molecule has 1 heterocycles. The molecule has 1 amide bonds. The first kappa shape index (κ1) is 13.4. The molecule has 0 aliphatic carbocycles. The molecule has 0 spiro atoms. The molecule has 0 bridgehead atoms. The Labute approximate surface area is 113 Å². The lowest BCUT2D eigenvalue weighted by Crippen LogP contribution is -2.18. The van der Waals surface area contributed by atoms with Crippen molar-refractivity contribution < 1.29 is 4.79 Å². The average molecular weight is 264 g/mol. The summed E-state index contributed by atoms with van der Waals surface area (Å²) >= 11 is 1.76. The molecule has 0 radical (unpaired) electrons. The largest absolute Gasteiger partial charge is 0.325 e. The number of anilines is 1. The Morgan fingerprint density at radius 1 is 1.50 bits per heavy atom. The molecule has 1 saturated heterocycles. The Balaban J connectivity index is 1.93. The minimum absolute atomic E-state index is 0.132. The van der Waals surface area contributed by atoms with Crippen LogP contribution in [0.2, 0.25) is 0 Å². The SMILES string of the molecule is CCSc1ccccc1NC(=O)CC1CCNC1. The monoisotopic (exact) mass is 264 g/mol. The van der Waals surface area contributed by atoms with Crippen molar-refractivity contribution in [1.29, 1.82) is 0 Å². The smallest absolute Gasteiger partial charge is 0.224 e. The quantitative estimate of drug-likeness (QED) is 0.803. The van der Waals surface area contributed by atoms with E-state index in [1.165, 1.54) is 0 Å². The van der Waals surface area contributed by atoms with E-state index in [1.807, 2.05) is 18.2 Å². The van der Waals surface area contributed by atoms with Crippen LogP contribution in [0.25, 0.3) is 0 Å².